The molecule has 3 rings (SSSR count). The Bertz CT molecular complexity index is 607. The van der Waals surface area contributed by atoms with E-state index in [1.54, 1.807) is 4.90 Å². The first-order valence-corrected chi connectivity index (χ1v) is 7.46. The summed E-state index contributed by atoms with van der Waals surface area (Å²) in [5.74, 6) is -2.04. The van der Waals surface area contributed by atoms with Gasteiger partial charge < -0.3 is 10.1 Å². The van der Waals surface area contributed by atoms with Crippen molar-refractivity contribution in [1.82, 2.24) is 15.3 Å². The van der Waals surface area contributed by atoms with Crippen molar-refractivity contribution in [3.8, 4) is 0 Å². The molecule has 0 aliphatic carbocycles. The standard InChI is InChI=1S/C13H14ClF3N4O2/c14-8-1-4-19-11(20-8)21-9(23-10(22)13(15,16)17)7-12(21)2-5-18-6-3-12/h1,4,9,18H,2-3,5-7H2. The molecule has 2 saturated heterocycles. The van der Waals surface area contributed by atoms with Crippen molar-refractivity contribution < 1.29 is 22.7 Å². The Morgan fingerprint density at radius 1 is 1.43 bits per heavy atom. The number of carbonyl (C=O) groups is 1. The largest absolute Gasteiger partial charge is 0.491 e. The fourth-order valence-corrected chi connectivity index (χ4v) is 3.25. The number of ether oxygens (including phenoxy) is 1. The summed E-state index contributed by atoms with van der Waals surface area (Å²) in [5.41, 5.74) is -0.410. The first-order valence-electron chi connectivity index (χ1n) is 7.08. The minimum atomic E-state index is -5.03. The second kappa shape index (κ2) is 5.79. The Hall–Kier alpha value is -1.61. The molecule has 0 aromatic carbocycles. The molecule has 0 bridgehead atoms. The van der Waals surface area contributed by atoms with Crippen LogP contribution in [0.2, 0.25) is 5.15 Å². The average Bonchev–Trinajstić information content (AvgIpc) is 2.46. The normalized spacial score (nSPS) is 23.5. The third-order valence-corrected chi connectivity index (χ3v) is 4.40. The lowest BCUT2D eigenvalue weighted by Gasteiger charge is -2.58. The zero-order valence-corrected chi connectivity index (χ0v) is 12.7. The summed E-state index contributed by atoms with van der Waals surface area (Å²) in [4.78, 5) is 20.8. The number of anilines is 1. The van der Waals surface area contributed by atoms with E-state index in [4.69, 9.17) is 11.6 Å². The minimum absolute atomic E-state index is 0.172. The fourth-order valence-electron chi connectivity index (χ4n) is 3.11. The van der Waals surface area contributed by atoms with Gasteiger partial charge in [0.1, 0.15) is 5.15 Å². The lowest BCUT2D eigenvalue weighted by molar-refractivity contribution is -0.210. The molecule has 2 fully saturated rings. The molecule has 126 valence electrons. The van der Waals surface area contributed by atoms with E-state index in [9.17, 15) is 18.0 Å². The molecule has 2 aliphatic rings. The fraction of sp³-hybridized carbons (Fsp3) is 0.615. The van der Waals surface area contributed by atoms with E-state index >= 15 is 0 Å². The average molecular weight is 351 g/mol. The lowest BCUT2D eigenvalue weighted by atomic mass is 9.75. The molecule has 1 atom stereocenters. The van der Waals surface area contributed by atoms with Gasteiger partial charge in [0.15, 0.2) is 6.23 Å². The van der Waals surface area contributed by atoms with Crippen LogP contribution < -0.4 is 10.2 Å². The Balaban J connectivity index is 1.85. The predicted molar refractivity (Wildman–Crippen MR) is 74.9 cm³/mol. The third kappa shape index (κ3) is 3.07. The van der Waals surface area contributed by atoms with Gasteiger partial charge >= 0.3 is 12.1 Å². The summed E-state index contributed by atoms with van der Waals surface area (Å²) >= 11 is 5.85. The summed E-state index contributed by atoms with van der Waals surface area (Å²) < 4.78 is 41.9. The monoisotopic (exact) mass is 350 g/mol. The second-order valence-electron chi connectivity index (χ2n) is 5.59. The number of halogens is 4. The molecule has 3 heterocycles. The number of nitrogens with one attached hydrogen (secondary N) is 1. The highest BCUT2D eigenvalue weighted by atomic mass is 35.5. The highest BCUT2D eigenvalue weighted by molar-refractivity contribution is 6.29. The third-order valence-electron chi connectivity index (χ3n) is 4.19. The highest BCUT2D eigenvalue weighted by Gasteiger charge is 2.57. The number of nitrogens with zero attached hydrogens (tertiary/aromatic N) is 3. The molecule has 1 aromatic heterocycles. The van der Waals surface area contributed by atoms with Gasteiger partial charge in [0.2, 0.25) is 5.95 Å². The molecule has 0 amide bonds. The summed E-state index contributed by atoms with van der Waals surface area (Å²) in [6.07, 6.45) is -2.95. The number of hydrogen-bond acceptors (Lipinski definition) is 6. The zero-order valence-electron chi connectivity index (χ0n) is 11.9. The lowest BCUT2D eigenvalue weighted by Crippen LogP contribution is -2.71. The second-order valence-corrected chi connectivity index (χ2v) is 5.97. The summed E-state index contributed by atoms with van der Waals surface area (Å²) in [6.45, 7) is 1.44. The van der Waals surface area contributed by atoms with Gasteiger partial charge in [-0.2, -0.15) is 13.2 Å². The molecule has 2 aliphatic heterocycles. The molecule has 23 heavy (non-hydrogen) atoms. The number of alkyl halides is 3. The van der Waals surface area contributed by atoms with Crippen molar-refractivity contribution in [2.75, 3.05) is 18.0 Å². The smallest absolute Gasteiger partial charge is 0.435 e. The van der Waals surface area contributed by atoms with Crippen molar-refractivity contribution in [1.29, 1.82) is 0 Å². The highest BCUT2D eigenvalue weighted by Crippen LogP contribution is 2.46. The van der Waals surface area contributed by atoms with Gasteiger partial charge in [-0.3, -0.25) is 4.90 Å². The Morgan fingerprint density at radius 2 is 2.13 bits per heavy atom. The maximum absolute atomic E-state index is 12.4. The van der Waals surface area contributed by atoms with Gasteiger partial charge in [0.05, 0.1) is 5.54 Å². The van der Waals surface area contributed by atoms with E-state index in [2.05, 4.69) is 20.0 Å². The van der Waals surface area contributed by atoms with Crippen LogP contribution in [0.1, 0.15) is 19.3 Å². The van der Waals surface area contributed by atoms with Gasteiger partial charge in [0.25, 0.3) is 0 Å². The van der Waals surface area contributed by atoms with Gasteiger partial charge in [-0.1, -0.05) is 11.6 Å². The van der Waals surface area contributed by atoms with Crippen LogP contribution in [0.4, 0.5) is 19.1 Å². The zero-order chi connectivity index (χ0) is 16.7. The van der Waals surface area contributed by atoms with Crippen molar-refractivity contribution >= 4 is 23.5 Å². The SMILES string of the molecule is O=C(OC1CC2(CCNCC2)N1c1nccc(Cl)n1)C(F)(F)F. The number of hydrogen-bond donors (Lipinski definition) is 1. The summed E-state index contributed by atoms with van der Waals surface area (Å²) in [6, 6.07) is 1.47. The van der Waals surface area contributed by atoms with E-state index in [0.717, 1.165) is 13.1 Å². The summed E-state index contributed by atoms with van der Waals surface area (Å²) in [7, 11) is 0. The minimum Gasteiger partial charge on any atom is -0.435 e. The van der Waals surface area contributed by atoms with E-state index in [1.807, 2.05) is 0 Å². The van der Waals surface area contributed by atoms with Crippen LogP contribution in [0.3, 0.4) is 0 Å². The van der Waals surface area contributed by atoms with Crippen LogP contribution in [-0.4, -0.2) is 47.0 Å². The molecule has 1 aromatic rings. The Labute approximate surface area is 135 Å². The quantitative estimate of drug-likeness (QED) is 0.649. The molecule has 0 saturated carbocycles. The van der Waals surface area contributed by atoms with E-state index < -0.39 is 23.9 Å². The molecular weight excluding hydrogens is 337 g/mol. The molecule has 1 spiro atoms. The van der Waals surface area contributed by atoms with Crippen LogP contribution in [0, 0.1) is 0 Å². The summed E-state index contributed by atoms with van der Waals surface area (Å²) in [5, 5.41) is 3.36. The Kier molecular flexibility index (Phi) is 4.09. The number of esters is 1. The van der Waals surface area contributed by atoms with Crippen molar-refractivity contribution in [2.24, 2.45) is 0 Å². The van der Waals surface area contributed by atoms with E-state index in [1.165, 1.54) is 12.3 Å². The Morgan fingerprint density at radius 3 is 2.74 bits per heavy atom. The van der Waals surface area contributed by atoms with Gasteiger partial charge in [-0.15, -0.1) is 0 Å². The van der Waals surface area contributed by atoms with E-state index in [0.29, 0.717) is 19.3 Å². The molecule has 1 unspecified atom stereocenters. The van der Waals surface area contributed by atoms with Crippen LogP contribution in [0.25, 0.3) is 0 Å². The number of rotatable bonds is 2. The van der Waals surface area contributed by atoms with Crippen LogP contribution in [0.5, 0.6) is 0 Å². The van der Waals surface area contributed by atoms with Crippen molar-refractivity contribution in [3.05, 3.63) is 17.4 Å². The van der Waals surface area contributed by atoms with Gasteiger partial charge in [0, 0.05) is 12.6 Å². The molecular formula is C13H14ClF3N4O2. The molecule has 10 heteroatoms. The maximum Gasteiger partial charge on any atom is 0.491 e. The maximum atomic E-state index is 12.4. The van der Waals surface area contributed by atoms with Crippen LogP contribution in [-0.2, 0) is 9.53 Å². The van der Waals surface area contributed by atoms with Gasteiger partial charge in [-0.05, 0) is 32.0 Å². The molecule has 6 nitrogen and oxygen atoms in total. The predicted octanol–water partition coefficient (Wildman–Crippen LogP) is 1.89. The van der Waals surface area contributed by atoms with Gasteiger partial charge in [-0.25, -0.2) is 14.8 Å². The van der Waals surface area contributed by atoms with Crippen molar-refractivity contribution in [2.45, 2.75) is 37.2 Å². The van der Waals surface area contributed by atoms with E-state index in [-0.39, 0.29) is 11.1 Å². The molecule has 1 N–H and O–H groups in total. The topological polar surface area (TPSA) is 67.3 Å². The van der Waals surface area contributed by atoms with Crippen LogP contribution >= 0.6 is 11.6 Å². The number of piperidine rings is 1. The van der Waals surface area contributed by atoms with Crippen LogP contribution in [0.15, 0.2) is 12.3 Å². The van der Waals surface area contributed by atoms with Crippen molar-refractivity contribution in [3.63, 3.8) is 0 Å². The number of carbonyl (C=O) groups excluding carboxylic acids is 1. The molecule has 0 radical (unpaired) electrons. The first-order chi connectivity index (χ1) is 10.8. The first kappa shape index (κ1) is 16.3. The number of aromatic nitrogens is 2.